The molecule has 3 fully saturated rings. The van der Waals surface area contributed by atoms with Gasteiger partial charge in [0.2, 0.25) is 64.8 Å². The van der Waals surface area contributed by atoms with E-state index in [1.807, 2.05) is 36.4 Å². The van der Waals surface area contributed by atoms with Gasteiger partial charge in [-0.05, 0) is 158 Å². The number of carbonyl (C=O) groups is 10. The lowest BCUT2D eigenvalue weighted by molar-refractivity contribution is -0.335. The monoisotopic (exact) mass is 2110 g/mol. The number of carboxylic acids is 1. The minimum Gasteiger partial charge on any atom is -0.508 e. The Morgan fingerprint density at radius 1 is 0.632 bits per heavy atom. The number of benzene rings is 7. The number of hydrogen-bond donors (Lipinski definition) is 24. The van der Waals surface area contributed by atoms with E-state index in [1.165, 1.54) is 47.7 Å². The van der Waals surface area contributed by atoms with Crippen LogP contribution in [0.15, 0.2) is 127 Å². The van der Waals surface area contributed by atoms with Crippen LogP contribution < -0.4 is 73.5 Å². The van der Waals surface area contributed by atoms with Gasteiger partial charge < -0.3 is 167 Å². The third-order valence-corrected chi connectivity index (χ3v) is 29.5. The number of nitrogens with two attached hydrogens (primary N) is 2. The summed E-state index contributed by atoms with van der Waals surface area (Å²) in [5, 5.41) is 130. The zero-order chi connectivity index (χ0) is 105. The van der Waals surface area contributed by atoms with Crippen LogP contribution in [0.5, 0.6) is 46.0 Å². The molecule has 3 saturated heterocycles. The number of aromatic hydroxyl groups is 3. The first kappa shape index (κ1) is 110. The first-order chi connectivity index (χ1) is 67.5. The fraction of sp³-hybridized carbons (Fsp3) is 0.447. The summed E-state index contributed by atoms with van der Waals surface area (Å²) < 4.78 is 83.7. The van der Waals surface area contributed by atoms with Crippen LogP contribution in [-0.4, -0.2) is 247 Å². The zero-order valence-electron chi connectivity index (χ0n) is 78.6. The van der Waals surface area contributed by atoms with Crippen molar-refractivity contribution < 1.29 is 165 Å². The van der Waals surface area contributed by atoms with Gasteiger partial charge in [0.1, 0.15) is 96.1 Å². The Bertz CT molecular complexity index is 6120. The topological polar surface area (TPSA) is 711 Å². The van der Waals surface area contributed by atoms with Gasteiger partial charge in [-0.2, -0.15) is 0 Å². The van der Waals surface area contributed by atoms with Crippen LogP contribution in [0.3, 0.4) is 0 Å². The molecule has 45 nitrogen and oxygen atoms in total. The molecular weight excluding hydrogens is 2000 g/mol. The first-order valence-corrected chi connectivity index (χ1v) is 49.8. The van der Waals surface area contributed by atoms with Crippen LogP contribution >= 0.6 is 50.0 Å². The van der Waals surface area contributed by atoms with Gasteiger partial charge in [0.05, 0.1) is 53.3 Å². The number of nitrogens with one attached hydrogen (secondary N) is 9. The molecule has 7 aromatic rings. The van der Waals surface area contributed by atoms with E-state index < -0.39 is 335 Å². The number of carboxylic acid groups (broad SMARTS) is 1. The van der Waals surface area contributed by atoms with Crippen molar-refractivity contribution in [3.63, 3.8) is 0 Å². The number of rotatable bonds is 27. The Labute approximate surface area is 837 Å². The Morgan fingerprint density at radius 3 is 1.80 bits per heavy atom. The van der Waals surface area contributed by atoms with Crippen molar-refractivity contribution in [2.24, 2.45) is 22.8 Å². The summed E-state index contributed by atoms with van der Waals surface area (Å²) in [5.74, 6) is -20.0. The number of primary amides is 1. The van der Waals surface area contributed by atoms with Crippen molar-refractivity contribution in [2.45, 2.75) is 239 Å². The number of fused-ring (bicyclic) bond motifs is 15. The SMILES string of the molecule is CN[C@H](CC(C)C)C(=O)N[C@H]1C(=O)N[C@@H](CC(N)=O)C(=O)N[C@H]2C(=O)N[C@H]3C(=O)N[C@H](C(=O)N[C@H](C(=O)O)c4cc(O)cc(O)c4-c4cc3ccc4O)[C@H](O[C@H]3C[C@](C)(N)[C@@H](O)[C@H](C)O3)c3ccc(c(Cl)c3)Oc3cc2cc(c3O[C@@H]2O[C@H](COC(=O)CC(C)(C)CC(=O)NC(P(=O)(O)O)P(=O)(O)O)[C@@H](O)[C@H](O)[C@H]2O[C@H]2C[C@](C)(NCc3ccc(-c4ccc(Cl)cc4)cc3)[C@@H](O)[C@H](C)O2)Oc2ccc(cc2Cl)[C@H]1O. The molecule has 22 atom stereocenters. The summed E-state index contributed by atoms with van der Waals surface area (Å²) in [6.07, 6.45) is -27.0. The fourth-order valence-electron chi connectivity index (χ4n) is 17.8. The van der Waals surface area contributed by atoms with Crippen molar-refractivity contribution in [1.82, 2.24) is 47.9 Å². The molecule has 26 N–H and O–H groups in total. The summed E-state index contributed by atoms with van der Waals surface area (Å²) in [7, 11) is -10.0. The molecule has 8 aliphatic rings. The number of likely N-dealkylation sites (N-methyl/N-ethyl adjacent to an activating group) is 1. The lowest BCUT2D eigenvalue weighted by Crippen LogP contribution is -2.65. The quantitative estimate of drug-likeness (QED) is 0.0247. The lowest BCUT2D eigenvalue weighted by atomic mass is 9.84. The molecule has 778 valence electrons. The summed E-state index contributed by atoms with van der Waals surface area (Å²) >= 11 is 21.0. The number of carbonyl (C=O) groups excluding carboxylic acids is 9. The molecule has 0 spiro atoms. The third kappa shape index (κ3) is 25.7. The van der Waals surface area contributed by atoms with Crippen molar-refractivity contribution in [3.8, 4) is 68.2 Å². The number of amides is 8. The van der Waals surface area contributed by atoms with E-state index in [0.717, 1.165) is 89.5 Å². The van der Waals surface area contributed by atoms with Crippen LogP contribution in [-0.2, 0) is 92.0 Å². The lowest BCUT2D eigenvalue weighted by Gasteiger charge is -2.48. The molecule has 8 aliphatic heterocycles. The Morgan fingerprint density at radius 2 is 1.21 bits per heavy atom. The van der Waals surface area contributed by atoms with Gasteiger partial charge in [-0.25, -0.2) is 4.79 Å². The smallest absolute Gasteiger partial charge is 0.360 e. The molecule has 0 unspecified atom stereocenters. The van der Waals surface area contributed by atoms with Gasteiger partial charge >= 0.3 is 27.1 Å². The molecule has 7 aromatic carbocycles. The van der Waals surface area contributed by atoms with Gasteiger partial charge in [0.15, 0.2) is 36.2 Å². The molecule has 0 saturated carbocycles. The Kier molecular flexibility index (Phi) is 34.0. The van der Waals surface area contributed by atoms with Crippen molar-refractivity contribution in [1.29, 1.82) is 0 Å². The molecule has 0 radical (unpaired) electrons. The van der Waals surface area contributed by atoms with E-state index in [2.05, 4.69) is 42.5 Å². The highest BCUT2D eigenvalue weighted by atomic mass is 35.5. The minimum absolute atomic E-state index is 0.0961. The summed E-state index contributed by atoms with van der Waals surface area (Å²) in [4.78, 5) is 189. The van der Waals surface area contributed by atoms with Crippen LogP contribution in [0.4, 0.5) is 0 Å². The van der Waals surface area contributed by atoms with Crippen LogP contribution in [0, 0.1) is 11.3 Å². The van der Waals surface area contributed by atoms with Gasteiger partial charge in [-0.3, -0.25) is 52.3 Å². The van der Waals surface area contributed by atoms with E-state index in [1.54, 1.807) is 38.2 Å². The summed E-state index contributed by atoms with van der Waals surface area (Å²) in [6, 6.07) is 12.8. The number of aliphatic hydroxyl groups is 5. The van der Waals surface area contributed by atoms with E-state index in [0.29, 0.717) is 5.02 Å². The molecule has 8 heterocycles. The summed E-state index contributed by atoms with van der Waals surface area (Å²) in [5.41, 5.74) is 4.19. The van der Waals surface area contributed by atoms with Gasteiger partial charge in [-0.1, -0.05) is 117 Å². The second-order valence-corrected chi connectivity index (χ2v) is 42.9. The fourth-order valence-corrected chi connectivity index (χ4v) is 20.6. The molecule has 0 aliphatic carbocycles. The van der Waals surface area contributed by atoms with E-state index in [-0.39, 0.29) is 36.4 Å². The number of aliphatic carboxylic acids is 1. The number of aliphatic hydroxyl groups excluding tert-OH is 5. The largest absolute Gasteiger partial charge is 0.508 e. The number of phenols is 3. The van der Waals surface area contributed by atoms with Gasteiger partial charge in [0, 0.05) is 64.7 Å². The number of ether oxygens (including phenoxy) is 9. The normalized spacial score (nSPS) is 27.7. The molecule has 15 rings (SSSR count). The molecule has 8 amide bonds. The molecule has 11 bridgehead atoms. The van der Waals surface area contributed by atoms with Crippen LogP contribution in [0.1, 0.15) is 158 Å². The maximum Gasteiger partial charge on any atom is 0.360 e. The maximum absolute atomic E-state index is 16.8. The number of hydrogen-bond acceptors (Lipinski definition) is 32. The standard InChI is InChI=1S/C94H112Cl3N11O34P2/c1-39(2)24-55(100-9)83(120)107-73-75(115)46-17-22-59(53(96)26-46)137-61-28-48-29-62(79(61)142-90-80(77(117)76(116)63(139-90)38-134-66(114)34-92(5,6)33-65(113)103-91(143(128,129)130)144(131,132)133)141-68-36-94(8,82(119)41(4)136-68)101-37-42-10-12-43(13-11-42)44-14-19-49(95)20-15-44)138-60-23-18-47(27-54(60)97)78(140-67-35-93(7,99)81(118)40(3)135-67)74-88(125)106-72(89(126)127)52-30-50(109)31-58(111)69(52)51-25-45(16-21-57(51)110)70(85(122)108-74)105-86(123)71(48)104-84(121)56(32-64(98)112)102-87(73)124/h10-23,25-31,39-41,55-56,63,67-68,70-78,80-82,90-91,100-101,109-111,115-119H,24,32-38,99H2,1-9H3,(H2,98,112)(H,102,124)(H,103,113)(H,104,121)(H,105,123)(H,106,125)(H,107,120)(H,108,122)(H,126,127)(H2,128,129,130)(H2,131,132,133)/t40-,41-,55+,56-,63+,67-,68-,70+,71+,72-,73+,74-,75+,76+,77-,78+,80+,81-,82-,90-,93-,94-/m0/s1. The van der Waals surface area contributed by atoms with E-state index in [9.17, 15) is 98.6 Å². The van der Waals surface area contributed by atoms with Crippen molar-refractivity contribution in [2.75, 3.05) is 13.7 Å². The van der Waals surface area contributed by atoms with E-state index in [4.69, 9.17) is 88.9 Å². The molecule has 50 heteroatoms. The van der Waals surface area contributed by atoms with Crippen LogP contribution in [0.2, 0.25) is 15.1 Å². The third-order valence-electron chi connectivity index (χ3n) is 25.3. The predicted octanol–water partition coefficient (Wildman–Crippen LogP) is 4.61. The number of esters is 1. The summed E-state index contributed by atoms with van der Waals surface area (Å²) in [6.45, 7) is 11.2. The highest BCUT2D eigenvalue weighted by Gasteiger charge is 2.55. The predicted molar refractivity (Wildman–Crippen MR) is 508 cm³/mol. The van der Waals surface area contributed by atoms with Crippen molar-refractivity contribution >= 4 is 109 Å². The second kappa shape index (κ2) is 44.6. The highest BCUT2D eigenvalue weighted by Crippen LogP contribution is 2.59. The van der Waals surface area contributed by atoms with Crippen LogP contribution in [0.25, 0.3) is 22.3 Å². The average Bonchev–Trinajstić information content (AvgIpc) is 0.757. The minimum atomic E-state index is -5.73. The van der Waals surface area contributed by atoms with Gasteiger partial charge in [-0.15, -0.1) is 0 Å². The first-order valence-electron chi connectivity index (χ1n) is 45.3. The Hall–Kier alpha value is -11.3. The number of phenolic OH excluding ortho intramolecular Hbond substituents is 3. The number of halogens is 3. The molecule has 144 heavy (non-hydrogen) atoms. The zero-order valence-corrected chi connectivity index (χ0v) is 82.6. The molecular formula is C94H112Cl3N11O34P2. The Balaban J connectivity index is 1.02. The van der Waals surface area contributed by atoms with E-state index >= 15 is 24.0 Å². The highest BCUT2D eigenvalue weighted by molar-refractivity contribution is 7.70. The van der Waals surface area contributed by atoms with Crippen molar-refractivity contribution in [3.05, 3.63) is 176 Å². The second-order valence-electron chi connectivity index (χ2n) is 37.9. The molecule has 0 aromatic heterocycles. The maximum atomic E-state index is 16.8. The average molecular weight is 2110 g/mol. The van der Waals surface area contributed by atoms with Gasteiger partial charge in [0.25, 0.3) is 0 Å².